The van der Waals surface area contributed by atoms with Crippen molar-refractivity contribution in [2.75, 3.05) is 26.2 Å². The van der Waals surface area contributed by atoms with Crippen molar-refractivity contribution in [2.24, 2.45) is 11.7 Å². The number of carbonyl (C=O) groups excluding carboxylic acids is 1. The van der Waals surface area contributed by atoms with Gasteiger partial charge >= 0.3 is 0 Å². The second kappa shape index (κ2) is 5.36. The molecule has 98 valence electrons. The molecule has 1 heterocycles. The number of amides is 1. The van der Waals surface area contributed by atoms with Crippen molar-refractivity contribution < 1.29 is 4.79 Å². The Kier molecular flexibility index (Phi) is 4.05. The van der Waals surface area contributed by atoms with Crippen LogP contribution in [0.15, 0.2) is 0 Å². The Morgan fingerprint density at radius 1 is 1.35 bits per heavy atom. The van der Waals surface area contributed by atoms with Gasteiger partial charge in [-0.2, -0.15) is 0 Å². The van der Waals surface area contributed by atoms with Crippen LogP contribution in [0.3, 0.4) is 0 Å². The summed E-state index contributed by atoms with van der Waals surface area (Å²) >= 11 is 0. The van der Waals surface area contributed by atoms with Crippen molar-refractivity contribution >= 4 is 5.91 Å². The first-order valence-electron chi connectivity index (χ1n) is 6.91. The van der Waals surface area contributed by atoms with E-state index in [4.69, 9.17) is 5.73 Å². The molecule has 0 bridgehead atoms. The molecule has 4 nitrogen and oxygen atoms in total. The number of carbonyl (C=O) groups is 1. The van der Waals surface area contributed by atoms with E-state index >= 15 is 0 Å². The van der Waals surface area contributed by atoms with Crippen molar-refractivity contribution in [2.45, 2.75) is 44.6 Å². The molecule has 1 aliphatic carbocycles. The maximum atomic E-state index is 12.0. The highest BCUT2D eigenvalue weighted by atomic mass is 16.1. The highest BCUT2D eigenvalue weighted by molar-refractivity contribution is 5.84. The van der Waals surface area contributed by atoms with Crippen molar-refractivity contribution in [1.29, 1.82) is 0 Å². The van der Waals surface area contributed by atoms with Crippen molar-refractivity contribution in [3.05, 3.63) is 0 Å². The molecule has 0 aromatic heterocycles. The predicted molar refractivity (Wildman–Crippen MR) is 68.6 cm³/mol. The SMILES string of the molecule is CC1CCCC(C(N)=O)(N2CCCNCC2)C1. The summed E-state index contributed by atoms with van der Waals surface area (Å²) in [5, 5.41) is 3.39. The van der Waals surface area contributed by atoms with E-state index in [2.05, 4.69) is 17.1 Å². The normalized spacial score (nSPS) is 36.4. The first-order chi connectivity index (χ1) is 8.15. The zero-order valence-corrected chi connectivity index (χ0v) is 10.9. The number of hydrogen-bond acceptors (Lipinski definition) is 3. The van der Waals surface area contributed by atoms with Gasteiger partial charge in [-0.05, 0) is 31.7 Å². The molecule has 0 radical (unpaired) electrons. The third-order valence-corrected chi connectivity index (χ3v) is 4.38. The van der Waals surface area contributed by atoms with E-state index in [0.717, 1.165) is 51.9 Å². The van der Waals surface area contributed by atoms with E-state index < -0.39 is 0 Å². The number of nitrogens with one attached hydrogen (secondary N) is 1. The number of hydrogen-bond donors (Lipinski definition) is 2. The summed E-state index contributed by atoms with van der Waals surface area (Å²) < 4.78 is 0. The molecule has 0 spiro atoms. The number of nitrogens with zero attached hydrogens (tertiary/aromatic N) is 1. The fraction of sp³-hybridized carbons (Fsp3) is 0.923. The van der Waals surface area contributed by atoms with E-state index in [0.29, 0.717) is 5.92 Å². The Bertz CT molecular complexity index is 274. The Morgan fingerprint density at radius 2 is 2.18 bits per heavy atom. The first kappa shape index (κ1) is 12.8. The standard InChI is InChI=1S/C13H25N3O/c1-11-4-2-5-13(10-11,12(14)17)16-8-3-6-15-7-9-16/h11,15H,2-10H2,1H3,(H2,14,17). The van der Waals surface area contributed by atoms with Gasteiger partial charge in [-0.3, -0.25) is 9.69 Å². The fourth-order valence-electron chi connectivity index (χ4n) is 3.46. The monoisotopic (exact) mass is 239 g/mol. The Hall–Kier alpha value is -0.610. The lowest BCUT2D eigenvalue weighted by Crippen LogP contribution is -2.60. The van der Waals surface area contributed by atoms with E-state index in [1.54, 1.807) is 0 Å². The van der Waals surface area contributed by atoms with Crippen LogP contribution in [-0.4, -0.2) is 42.5 Å². The molecule has 1 saturated heterocycles. The number of primary amides is 1. The van der Waals surface area contributed by atoms with Gasteiger partial charge in [-0.25, -0.2) is 0 Å². The predicted octanol–water partition coefficient (Wildman–Crippen LogP) is 0.716. The van der Waals surface area contributed by atoms with Crippen molar-refractivity contribution in [3.63, 3.8) is 0 Å². The largest absolute Gasteiger partial charge is 0.368 e. The third-order valence-electron chi connectivity index (χ3n) is 4.38. The van der Waals surface area contributed by atoms with Gasteiger partial charge in [0.25, 0.3) is 0 Å². The van der Waals surface area contributed by atoms with E-state index in [-0.39, 0.29) is 11.4 Å². The molecular formula is C13H25N3O. The minimum atomic E-state index is -0.357. The summed E-state index contributed by atoms with van der Waals surface area (Å²) in [4.78, 5) is 14.3. The van der Waals surface area contributed by atoms with Crippen LogP contribution < -0.4 is 11.1 Å². The molecule has 0 aromatic carbocycles. The molecule has 3 N–H and O–H groups in total. The van der Waals surface area contributed by atoms with Gasteiger partial charge in [0.1, 0.15) is 5.54 Å². The molecule has 2 fully saturated rings. The van der Waals surface area contributed by atoms with Gasteiger partial charge in [-0.1, -0.05) is 19.8 Å². The van der Waals surface area contributed by atoms with E-state index in [1.807, 2.05) is 0 Å². The average molecular weight is 239 g/mol. The summed E-state index contributed by atoms with van der Waals surface area (Å²) in [5.74, 6) is 0.512. The molecule has 17 heavy (non-hydrogen) atoms. The molecule has 2 atom stereocenters. The third kappa shape index (κ3) is 2.63. The van der Waals surface area contributed by atoms with Crippen LogP contribution in [-0.2, 0) is 4.79 Å². The van der Waals surface area contributed by atoms with Crippen LogP contribution in [0.4, 0.5) is 0 Å². The summed E-state index contributed by atoms with van der Waals surface area (Å²) in [5.41, 5.74) is 5.39. The van der Waals surface area contributed by atoms with E-state index in [1.165, 1.54) is 6.42 Å². The van der Waals surface area contributed by atoms with Crippen LogP contribution in [0, 0.1) is 5.92 Å². The fourth-order valence-corrected chi connectivity index (χ4v) is 3.46. The molecule has 1 aliphatic heterocycles. The molecule has 1 saturated carbocycles. The Balaban J connectivity index is 2.16. The van der Waals surface area contributed by atoms with Gasteiger partial charge in [0.2, 0.25) is 5.91 Å². The van der Waals surface area contributed by atoms with Crippen LogP contribution >= 0.6 is 0 Å². The summed E-state index contributed by atoms with van der Waals surface area (Å²) in [6, 6.07) is 0. The Labute approximate surface area is 104 Å². The zero-order chi connectivity index (χ0) is 12.3. The molecular weight excluding hydrogens is 214 g/mol. The smallest absolute Gasteiger partial charge is 0.237 e. The highest BCUT2D eigenvalue weighted by Gasteiger charge is 2.44. The van der Waals surface area contributed by atoms with Crippen molar-refractivity contribution in [1.82, 2.24) is 10.2 Å². The quantitative estimate of drug-likeness (QED) is 0.746. The van der Waals surface area contributed by atoms with Crippen LogP contribution in [0.25, 0.3) is 0 Å². The lowest BCUT2D eigenvalue weighted by Gasteiger charge is -2.45. The maximum Gasteiger partial charge on any atom is 0.237 e. The van der Waals surface area contributed by atoms with Gasteiger partial charge in [-0.15, -0.1) is 0 Å². The second-order valence-electron chi connectivity index (χ2n) is 5.69. The van der Waals surface area contributed by atoms with Crippen LogP contribution in [0.1, 0.15) is 39.0 Å². The lowest BCUT2D eigenvalue weighted by molar-refractivity contribution is -0.133. The maximum absolute atomic E-state index is 12.0. The van der Waals surface area contributed by atoms with Crippen LogP contribution in [0.2, 0.25) is 0 Å². The molecule has 4 heteroatoms. The van der Waals surface area contributed by atoms with Crippen LogP contribution in [0.5, 0.6) is 0 Å². The summed E-state index contributed by atoms with van der Waals surface area (Å²) in [7, 11) is 0. The molecule has 1 amide bonds. The second-order valence-corrected chi connectivity index (χ2v) is 5.69. The molecule has 2 rings (SSSR count). The number of rotatable bonds is 2. The summed E-state index contributed by atoms with van der Waals surface area (Å²) in [6.45, 7) is 6.23. The topological polar surface area (TPSA) is 58.4 Å². The minimum absolute atomic E-state index is 0.106. The first-order valence-corrected chi connectivity index (χ1v) is 6.91. The lowest BCUT2D eigenvalue weighted by atomic mass is 9.74. The number of nitrogens with two attached hydrogens (primary N) is 1. The highest BCUT2D eigenvalue weighted by Crippen LogP contribution is 2.37. The Morgan fingerprint density at radius 3 is 2.88 bits per heavy atom. The van der Waals surface area contributed by atoms with Gasteiger partial charge in [0.15, 0.2) is 0 Å². The van der Waals surface area contributed by atoms with Gasteiger partial charge in [0.05, 0.1) is 0 Å². The average Bonchev–Trinajstić information content (AvgIpc) is 2.57. The molecule has 2 unspecified atom stereocenters. The summed E-state index contributed by atoms with van der Waals surface area (Å²) in [6.07, 6.45) is 5.38. The van der Waals surface area contributed by atoms with Crippen molar-refractivity contribution in [3.8, 4) is 0 Å². The molecule has 2 aliphatic rings. The minimum Gasteiger partial charge on any atom is -0.368 e. The van der Waals surface area contributed by atoms with Gasteiger partial charge in [0, 0.05) is 19.6 Å². The van der Waals surface area contributed by atoms with Gasteiger partial charge < -0.3 is 11.1 Å². The zero-order valence-electron chi connectivity index (χ0n) is 10.9. The molecule has 0 aromatic rings. The van der Waals surface area contributed by atoms with E-state index in [9.17, 15) is 4.79 Å².